The zero-order valence-corrected chi connectivity index (χ0v) is 14.0. The molecule has 2 rings (SSSR count). The predicted octanol–water partition coefficient (Wildman–Crippen LogP) is 3.01. The molecule has 0 aliphatic rings. The van der Waals surface area contributed by atoms with Gasteiger partial charge in [0.15, 0.2) is 0 Å². The lowest BCUT2D eigenvalue weighted by molar-refractivity contribution is -0.116. The van der Waals surface area contributed by atoms with Crippen molar-refractivity contribution in [2.24, 2.45) is 0 Å². The fourth-order valence-corrected chi connectivity index (χ4v) is 2.30. The van der Waals surface area contributed by atoms with Crippen LogP contribution < -0.4 is 10.6 Å². The van der Waals surface area contributed by atoms with Crippen molar-refractivity contribution in [3.05, 3.63) is 76.3 Å². The molecule has 2 amide bonds. The van der Waals surface area contributed by atoms with Crippen LogP contribution in [0.4, 0.5) is 0 Å². The minimum atomic E-state index is -0.199. The molecule has 2 N–H and O–H groups in total. The molecular formula is C18H17BrN2O2. The topological polar surface area (TPSA) is 58.2 Å². The number of rotatable bonds is 6. The first-order valence-electron chi connectivity index (χ1n) is 7.20. The second-order valence-electron chi connectivity index (χ2n) is 4.77. The van der Waals surface area contributed by atoms with Gasteiger partial charge in [-0.2, -0.15) is 0 Å². The van der Waals surface area contributed by atoms with Gasteiger partial charge in [0.05, 0.1) is 0 Å². The molecule has 0 heterocycles. The van der Waals surface area contributed by atoms with Gasteiger partial charge in [-0.15, -0.1) is 0 Å². The van der Waals surface area contributed by atoms with Gasteiger partial charge in [0.2, 0.25) is 5.91 Å². The summed E-state index contributed by atoms with van der Waals surface area (Å²) in [6.07, 6.45) is 3.21. The zero-order valence-electron chi connectivity index (χ0n) is 12.5. The van der Waals surface area contributed by atoms with Crippen molar-refractivity contribution in [3.8, 4) is 0 Å². The number of amides is 2. The van der Waals surface area contributed by atoms with Crippen molar-refractivity contribution in [3.63, 3.8) is 0 Å². The Morgan fingerprint density at radius 1 is 0.913 bits per heavy atom. The molecule has 2 aromatic rings. The number of carbonyl (C=O) groups is 2. The van der Waals surface area contributed by atoms with E-state index < -0.39 is 0 Å². The fourth-order valence-electron chi connectivity index (χ4n) is 1.89. The molecule has 118 valence electrons. The van der Waals surface area contributed by atoms with Crippen LogP contribution in [0.2, 0.25) is 0 Å². The normalized spacial score (nSPS) is 10.5. The molecule has 0 aliphatic carbocycles. The van der Waals surface area contributed by atoms with E-state index in [4.69, 9.17) is 0 Å². The van der Waals surface area contributed by atoms with E-state index in [0.29, 0.717) is 18.7 Å². The summed E-state index contributed by atoms with van der Waals surface area (Å²) in [4.78, 5) is 23.5. The van der Waals surface area contributed by atoms with Gasteiger partial charge in [-0.25, -0.2) is 0 Å². The SMILES string of the molecule is O=C(/C=C/c1ccccc1Br)NCCNC(=O)c1ccccc1. The third kappa shape index (κ3) is 5.71. The Kier molecular flexibility index (Phi) is 6.56. The summed E-state index contributed by atoms with van der Waals surface area (Å²) in [5.41, 5.74) is 1.53. The maximum Gasteiger partial charge on any atom is 0.251 e. The number of benzene rings is 2. The molecule has 0 aliphatic heterocycles. The van der Waals surface area contributed by atoms with E-state index in [1.54, 1.807) is 18.2 Å². The summed E-state index contributed by atoms with van der Waals surface area (Å²) < 4.78 is 0.930. The molecule has 0 saturated carbocycles. The summed E-state index contributed by atoms with van der Waals surface area (Å²) in [5, 5.41) is 5.48. The quantitative estimate of drug-likeness (QED) is 0.604. The Morgan fingerprint density at radius 3 is 2.30 bits per heavy atom. The Labute approximate surface area is 143 Å². The number of hydrogen-bond acceptors (Lipinski definition) is 2. The smallest absolute Gasteiger partial charge is 0.251 e. The highest BCUT2D eigenvalue weighted by Crippen LogP contribution is 2.16. The van der Waals surface area contributed by atoms with Crippen LogP contribution in [0.5, 0.6) is 0 Å². The van der Waals surface area contributed by atoms with Crippen LogP contribution >= 0.6 is 15.9 Å². The first-order valence-corrected chi connectivity index (χ1v) is 8.00. The van der Waals surface area contributed by atoms with Gasteiger partial charge in [-0.3, -0.25) is 9.59 Å². The van der Waals surface area contributed by atoms with E-state index in [9.17, 15) is 9.59 Å². The molecule has 5 heteroatoms. The molecule has 23 heavy (non-hydrogen) atoms. The molecule has 0 aromatic heterocycles. The van der Waals surface area contributed by atoms with Crippen LogP contribution in [0.25, 0.3) is 6.08 Å². The van der Waals surface area contributed by atoms with Crippen molar-refractivity contribution in [1.29, 1.82) is 0 Å². The molecule has 0 radical (unpaired) electrons. The van der Waals surface area contributed by atoms with Gasteiger partial charge in [0, 0.05) is 29.2 Å². The second kappa shape index (κ2) is 8.90. The predicted molar refractivity (Wildman–Crippen MR) is 95.0 cm³/mol. The average Bonchev–Trinajstić information content (AvgIpc) is 2.58. The Bertz CT molecular complexity index is 699. The van der Waals surface area contributed by atoms with E-state index in [0.717, 1.165) is 10.0 Å². The number of halogens is 1. The molecule has 0 bridgehead atoms. The highest BCUT2D eigenvalue weighted by Gasteiger charge is 2.03. The van der Waals surface area contributed by atoms with E-state index in [1.807, 2.05) is 42.5 Å². The summed E-state index contributed by atoms with van der Waals surface area (Å²) in [6.45, 7) is 0.750. The maximum absolute atomic E-state index is 11.8. The molecule has 0 atom stereocenters. The van der Waals surface area contributed by atoms with Crippen LogP contribution in [-0.2, 0) is 4.79 Å². The number of nitrogens with one attached hydrogen (secondary N) is 2. The van der Waals surface area contributed by atoms with E-state index in [1.165, 1.54) is 6.08 Å². The molecule has 4 nitrogen and oxygen atoms in total. The third-order valence-electron chi connectivity index (χ3n) is 3.07. The second-order valence-corrected chi connectivity index (χ2v) is 5.62. The highest BCUT2D eigenvalue weighted by molar-refractivity contribution is 9.10. The van der Waals surface area contributed by atoms with Gasteiger partial charge in [-0.1, -0.05) is 52.3 Å². The molecule has 0 unspecified atom stereocenters. The minimum absolute atomic E-state index is 0.149. The maximum atomic E-state index is 11.8. The van der Waals surface area contributed by atoms with Crippen LogP contribution in [0.3, 0.4) is 0 Å². The highest BCUT2D eigenvalue weighted by atomic mass is 79.9. The summed E-state index contributed by atoms with van der Waals surface area (Å²) in [6, 6.07) is 16.6. The van der Waals surface area contributed by atoms with Crippen LogP contribution in [0, 0.1) is 0 Å². The van der Waals surface area contributed by atoms with Gasteiger partial charge < -0.3 is 10.6 Å². The fraction of sp³-hybridized carbons (Fsp3) is 0.111. The lowest BCUT2D eigenvalue weighted by atomic mass is 10.2. The largest absolute Gasteiger partial charge is 0.351 e. The van der Waals surface area contributed by atoms with E-state index >= 15 is 0 Å². The van der Waals surface area contributed by atoms with Gasteiger partial charge in [0.1, 0.15) is 0 Å². The lowest BCUT2D eigenvalue weighted by Gasteiger charge is -2.05. The Balaban J connectivity index is 1.71. The van der Waals surface area contributed by atoms with Crippen molar-refractivity contribution in [2.75, 3.05) is 13.1 Å². The standard InChI is InChI=1S/C18H17BrN2O2/c19-16-9-5-4-6-14(16)10-11-17(22)20-12-13-21-18(23)15-7-2-1-3-8-15/h1-11H,12-13H2,(H,20,22)(H,21,23)/b11-10+. The first-order chi connectivity index (χ1) is 11.2. The first kappa shape index (κ1) is 17.0. The van der Waals surface area contributed by atoms with Crippen LogP contribution in [-0.4, -0.2) is 24.9 Å². The number of hydrogen-bond donors (Lipinski definition) is 2. The zero-order chi connectivity index (χ0) is 16.5. The van der Waals surface area contributed by atoms with Crippen LogP contribution in [0.1, 0.15) is 15.9 Å². The van der Waals surface area contributed by atoms with Gasteiger partial charge in [-0.05, 0) is 29.8 Å². The van der Waals surface area contributed by atoms with Gasteiger partial charge >= 0.3 is 0 Å². The summed E-state index contributed by atoms with van der Waals surface area (Å²) in [5.74, 6) is -0.349. The lowest BCUT2D eigenvalue weighted by Crippen LogP contribution is -2.33. The molecule has 0 saturated heterocycles. The monoisotopic (exact) mass is 372 g/mol. The van der Waals surface area contributed by atoms with Crippen molar-refractivity contribution < 1.29 is 9.59 Å². The number of carbonyl (C=O) groups excluding carboxylic acids is 2. The molecule has 2 aromatic carbocycles. The molecule has 0 spiro atoms. The Morgan fingerprint density at radius 2 is 1.57 bits per heavy atom. The van der Waals surface area contributed by atoms with Crippen molar-refractivity contribution >= 4 is 33.8 Å². The summed E-state index contributed by atoms with van der Waals surface area (Å²) in [7, 11) is 0. The average molecular weight is 373 g/mol. The van der Waals surface area contributed by atoms with Crippen LogP contribution in [0.15, 0.2) is 65.1 Å². The molecule has 0 fully saturated rings. The van der Waals surface area contributed by atoms with E-state index in [-0.39, 0.29) is 11.8 Å². The van der Waals surface area contributed by atoms with E-state index in [2.05, 4.69) is 26.6 Å². The molecular weight excluding hydrogens is 356 g/mol. The Hall–Kier alpha value is -2.40. The van der Waals surface area contributed by atoms with Gasteiger partial charge in [0.25, 0.3) is 5.91 Å². The third-order valence-corrected chi connectivity index (χ3v) is 3.79. The van der Waals surface area contributed by atoms with Crippen molar-refractivity contribution in [2.45, 2.75) is 0 Å². The van der Waals surface area contributed by atoms with Crippen molar-refractivity contribution in [1.82, 2.24) is 10.6 Å². The summed E-state index contributed by atoms with van der Waals surface area (Å²) >= 11 is 3.42. The minimum Gasteiger partial charge on any atom is -0.351 e.